The number of rotatable bonds is 7. The van der Waals surface area contributed by atoms with E-state index < -0.39 is 0 Å². The molecule has 9 heteroatoms. The minimum absolute atomic E-state index is 0.00971. The zero-order chi connectivity index (χ0) is 22.9. The second-order valence-electron chi connectivity index (χ2n) is 7.45. The Morgan fingerprint density at radius 2 is 1.72 bits per heavy atom. The van der Waals surface area contributed by atoms with E-state index in [0.29, 0.717) is 48.9 Å². The van der Waals surface area contributed by atoms with Gasteiger partial charge in [0.2, 0.25) is 0 Å². The van der Waals surface area contributed by atoms with E-state index in [1.165, 1.54) is 0 Å². The zero-order valence-corrected chi connectivity index (χ0v) is 19.1. The molecular weight excluding hydrogens is 428 g/mol. The van der Waals surface area contributed by atoms with Crippen molar-refractivity contribution in [3.63, 3.8) is 0 Å². The van der Waals surface area contributed by atoms with Gasteiger partial charge in [-0.15, -0.1) is 0 Å². The second kappa shape index (κ2) is 11.6. The van der Waals surface area contributed by atoms with Gasteiger partial charge in [0.05, 0.1) is 6.61 Å². The number of likely N-dealkylation sites (N-methyl/N-ethyl adjacent to an activating group) is 1. The maximum atomic E-state index is 12.8. The van der Waals surface area contributed by atoms with Gasteiger partial charge < -0.3 is 24.6 Å². The molecule has 8 nitrogen and oxygen atoms in total. The van der Waals surface area contributed by atoms with Gasteiger partial charge in [0.15, 0.2) is 5.11 Å². The average molecular weight is 457 g/mol. The highest BCUT2D eigenvalue weighted by atomic mass is 32.1. The number of anilines is 1. The molecule has 32 heavy (non-hydrogen) atoms. The molecule has 2 N–H and O–H groups in total. The molecule has 0 aromatic heterocycles. The van der Waals surface area contributed by atoms with Gasteiger partial charge in [0.25, 0.3) is 11.8 Å². The number of hydrogen-bond acceptors (Lipinski definition) is 6. The largest absolute Gasteiger partial charge is 0.491 e. The van der Waals surface area contributed by atoms with Crippen molar-refractivity contribution in [1.29, 1.82) is 0 Å². The van der Waals surface area contributed by atoms with Crippen molar-refractivity contribution in [2.24, 2.45) is 0 Å². The van der Waals surface area contributed by atoms with Crippen LogP contribution in [0.4, 0.5) is 5.69 Å². The molecule has 3 rings (SSSR count). The highest BCUT2D eigenvalue weighted by Gasteiger charge is 2.20. The quantitative estimate of drug-likeness (QED) is 0.488. The average Bonchev–Trinajstić information content (AvgIpc) is 2.80. The summed E-state index contributed by atoms with van der Waals surface area (Å²) < 4.78 is 10.4. The first-order valence-electron chi connectivity index (χ1n) is 10.4. The smallest absolute Gasteiger partial charge is 0.257 e. The normalized spacial score (nSPS) is 14.0. The lowest BCUT2D eigenvalue weighted by Gasteiger charge is -2.32. The third-order valence-corrected chi connectivity index (χ3v) is 5.26. The molecule has 0 unspecified atom stereocenters. The zero-order valence-electron chi connectivity index (χ0n) is 18.3. The maximum Gasteiger partial charge on any atom is 0.257 e. The van der Waals surface area contributed by atoms with Crippen LogP contribution in [0, 0.1) is 0 Å². The van der Waals surface area contributed by atoms with Crippen molar-refractivity contribution in [2.45, 2.75) is 0 Å². The Morgan fingerprint density at radius 3 is 2.41 bits per heavy atom. The number of nitrogens with one attached hydrogen (secondary N) is 2. The molecule has 1 saturated heterocycles. The van der Waals surface area contributed by atoms with Gasteiger partial charge in [-0.25, -0.2) is 0 Å². The minimum atomic E-state index is -0.337. The second-order valence-corrected chi connectivity index (χ2v) is 7.86. The van der Waals surface area contributed by atoms with Crippen LogP contribution in [0.25, 0.3) is 0 Å². The van der Waals surface area contributed by atoms with E-state index in [1.54, 1.807) is 55.6 Å². The number of amides is 2. The van der Waals surface area contributed by atoms with Crippen molar-refractivity contribution in [1.82, 2.24) is 15.1 Å². The summed E-state index contributed by atoms with van der Waals surface area (Å²) in [6.45, 7) is 4.06. The van der Waals surface area contributed by atoms with E-state index in [2.05, 4.69) is 15.5 Å². The fourth-order valence-corrected chi connectivity index (χ4v) is 3.42. The maximum absolute atomic E-state index is 12.8. The van der Waals surface area contributed by atoms with Gasteiger partial charge in [-0.2, -0.15) is 0 Å². The highest BCUT2D eigenvalue weighted by molar-refractivity contribution is 7.80. The Morgan fingerprint density at radius 1 is 1.00 bits per heavy atom. The van der Waals surface area contributed by atoms with Crippen molar-refractivity contribution < 1.29 is 19.1 Å². The Bertz CT molecular complexity index is 943. The lowest BCUT2D eigenvalue weighted by Crippen LogP contribution is -2.47. The third kappa shape index (κ3) is 6.74. The Hall–Kier alpha value is -3.01. The van der Waals surface area contributed by atoms with Crippen LogP contribution in [0.2, 0.25) is 0 Å². The van der Waals surface area contributed by atoms with Crippen molar-refractivity contribution in [3.8, 4) is 5.75 Å². The monoisotopic (exact) mass is 456 g/mol. The number of piperazine rings is 1. The molecular formula is C23H28N4O4S. The number of benzene rings is 2. The minimum Gasteiger partial charge on any atom is -0.491 e. The molecule has 0 spiro atoms. The summed E-state index contributed by atoms with van der Waals surface area (Å²) in [5.41, 5.74) is 1.67. The van der Waals surface area contributed by atoms with E-state index in [0.717, 1.165) is 13.1 Å². The summed E-state index contributed by atoms with van der Waals surface area (Å²) in [7, 11) is 3.65. The van der Waals surface area contributed by atoms with Crippen LogP contribution in [-0.2, 0) is 4.74 Å². The fourth-order valence-electron chi connectivity index (χ4n) is 3.21. The third-order valence-electron chi connectivity index (χ3n) is 5.06. The standard InChI is InChI=1S/C23H28N4O4S/c1-26-10-12-27(13-11-26)22(29)18-4-3-5-19(16-18)24-23(32)25-21(28)17-6-8-20(9-7-17)31-15-14-30-2/h3-9,16H,10-15H2,1-2H3,(H2,24,25,28,32). The summed E-state index contributed by atoms with van der Waals surface area (Å²) in [4.78, 5) is 29.3. The van der Waals surface area contributed by atoms with Crippen LogP contribution in [0.3, 0.4) is 0 Å². The topological polar surface area (TPSA) is 83.1 Å². The molecule has 170 valence electrons. The summed E-state index contributed by atoms with van der Waals surface area (Å²) >= 11 is 5.27. The number of thiocarbonyl (C=S) groups is 1. The first-order chi connectivity index (χ1) is 15.5. The Labute approximate surface area is 193 Å². The molecule has 0 bridgehead atoms. The number of carbonyl (C=O) groups excluding carboxylic acids is 2. The van der Waals surface area contributed by atoms with Crippen LogP contribution in [-0.4, -0.2) is 80.3 Å². The molecule has 0 radical (unpaired) electrons. The highest BCUT2D eigenvalue weighted by Crippen LogP contribution is 2.15. The van der Waals surface area contributed by atoms with E-state index in [-0.39, 0.29) is 16.9 Å². The molecule has 0 atom stereocenters. The van der Waals surface area contributed by atoms with Crippen molar-refractivity contribution in [3.05, 3.63) is 59.7 Å². The first-order valence-corrected chi connectivity index (χ1v) is 10.8. The molecule has 0 saturated carbocycles. The predicted molar refractivity (Wildman–Crippen MR) is 127 cm³/mol. The van der Waals surface area contributed by atoms with E-state index in [4.69, 9.17) is 21.7 Å². The Balaban J connectivity index is 1.54. The van der Waals surface area contributed by atoms with Gasteiger partial charge >= 0.3 is 0 Å². The lowest BCUT2D eigenvalue weighted by atomic mass is 10.1. The molecule has 0 aliphatic carbocycles. The van der Waals surface area contributed by atoms with E-state index >= 15 is 0 Å². The lowest BCUT2D eigenvalue weighted by molar-refractivity contribution is 0.0664. The van der Waals surface area contributed by atoms with Crippen LogP contribution < -0.4 is 15.4 Å². The van der Waals surface area contributed by atoms with Gasteiger partial charge in [0.1, 0.15) is 12.4 Å². The van der Waals surface area contributed by atoms with Gasteiger partial charge in [-0.1, -0.05) is 6.07 Å². The number of nitrogens with zero attached hydrogens (tertiary/aromatic N) is 2. The molecule has 2 amide bonds. The molecule has 1 heterocycles. The fraction of sp³-hybridized carbons (Fsp3) is 0.348. The number of ether oxygens (including phenoxy) is 2. The molecule has 1 aliphatic heterocycles. The molecule has 1 fully saturated rings. The van der Waals surface area contributed by atoms with E-state index in [9.17, 15) is 9.59 Å². The van der Waals surface area contributed by atoms with Crippen molar-refractivity contribution in [2.75, 3.05) is 58.9 Å². The number of methoxy groups -OCH3 is 1. The summed E-state index contributed by atoms with van der Waals surface area (Å²) in [6.07, 6.45) is 0. The number of hydrogen-bond donors (Lipinski definition) is 2. The van der Waals surface area contributed by atoms with Crippen LogP contribution in [0.15, 0.2) is 48.5 Å². The summed E-state index contributed by atoms with van der Waals surface area (Å²) in [5, 5.41) is 5.78. The summed E-state index contributed by atoms with van der Waals surface area (Å²) in [5.74, 6) is 0.307. The van der Waals surface area contributed by atoms with Gasteiger partial charge in [0, 0.05) is 50.1 Å². The van der Waals surface area contributed by atoms with E-state index in [1.807, 2.05) is 11.9 Å². The predicted octanol–water partition coefficient (Wildman–Crippen LogP) is 2.23. The molecule has 1 aliphatic rings. The van der Waals surface area contributed by atoms with Crippen LogP contribution in [0.1, 0.15) is 20.7 Å². The Kier molecular flexibility index (Phi) is 8.55. The van der Waals surface area contributed by atoms with Crippen LogP contribution >= 0.6 is 12.2 Å². The first kappa shape index (κ1) is 23.6. The SMILES string of the molecule is COCCOc1ccc(C(=O)NC(=S)Nc2cccc(C(=O)N3CCN(C)CC3)c2)cc1. The summed E-state index contributed by atoms with van der Waals surface area (Å²) in [6, 6.07) is 13.9. The number of carbonyl (C=O) groups is 2. The van der Waals surface area contributed by atoms with Crippen molar-refractivity contribution >= 4 is 34.8 Å². The van der Waals surface area contributed by atoms with Crippen LogP contribution in [0.5, 0.6) is 5.75 Å². The molecule has 2 aromatic carbocycles. The van der Waals surface area contributed by atoms with Gasteiger partial charge in [-0.05, 0) is 61.7 Å². The molecule has 2 aromatic rings. The van der Waals surface area contributed by atoms with Gasteiger partial charge in [-0.3, -0.25) is 14.9 Å².